The summed E-state index contributed by atoms with van der Waals surface area (Å²) >= 11 is 1.39. The molecule has 7 heteroatoms. The molecule has 0 aliphatic carbocycles. The molecule has 138 valence electrons. The highest BCUT2D eigenvalue weighted by Crippen LogP contribution is 2.27. The number of carbonyl (C=O) groups is 1. The van der Waals surface area contributed by atoms with Crippen LogP contribution in [0.4, 0.5) is 0 Å². The molecular weight excluding hydrogens is 358 g/mol. The fraction of sp³-hybridized carbons (Fsp3) is 0.200. The molecule has 0 bridgehead atoms. The second-order valence-corrected chi connectivity index (χ2v) is 7.22. The van der Waals surface area contributed by atoms with Crippen LogP contribution in [0, 0.1) is 0 Å². The van der Waals surface area contributed by atoms with Gasteiger partial charge >= 0.3 is 0 Å². The first kappa shape index (κ1) is 18.8. The summed E-state index contributed by atoms with van der Waals surface area (Å²) in [5.41, 5.74) is 2.02. The highest BCUT2D eigenvalue weighted by atomic mass is 32.2. The number of nitrogens with one attached hydrogen (secondary N) is 1. The number of amides is 1. The molecular formula is C20H21N5OS. The van der Waals surface area contributed by atoms with E-state index in [9.17, 15) is 4.79 Å². The fourth-order valence-corrected chi connectivity index (χ4v) is 3.39. The number of nitrogens with zero attached hydrogens (tertiary/aromatic N) is 4. The van der Waals surface area contributed by atoms with Gasteiger partial charge in [0.2, 0.25) is 5.91 Å². The number of rotatable bonds is 8. The molecule has 0 aliphatic rings. The van der Waals surface area contributed by atoms with Crippen LogP contribution in [0.3, 0.4) is 0 Å². The minimum Gasteiger partial charge on any atom is -0.352 e. The van der Waals surface area contributed by atoms with E-state index < -0.39 is 0 Å². The second-order valence-electron chi connectivity index (χ2n) is 5.91. The summed E-state index contributed by atoms with van der Waals surface area (Å²) in [5, 5.41) is 11.9. The zero-order valence-corrected chi connectivity index (χ0v) is 15.9. The van der Waals surface area contributed by atoms with Crippen LogP contribution in [0.15, 0.2) is 72.7 Å². The van der Waals surface area contributed by atoms with E-state index in [4.69, 9.17) is 0 Å². The van der Waals surface area contributed by atoms with Crippen LogP contribution in [0.25, 0.3) is 11.4 Å². The molecule has 1 aromatic carbocycles. The van der Waals surface area contributed by atoms with Gasteiger partial charge in [0.25, 0.3) is 0 Å². The van der Waals surface area contributed by atoms with Crippen LogP contribution >= 0.6 is 11.8 Å². The molecule has 0 saturated carbocycles. The summed E-state index contributed by atoms with van der Waals surface area (Å²) in [6, 6.07) is 13.9. The molecule has 0 saturated heterocycles. The van der Waals surface area contributed by atoms with Crippen LogP contribution in [0.5, 0.6) is 0 Å². The summed E-state index contributed by atoms with van der Waals surface area (Å²) in [6.45, 7) is 6.53. The van der Waals surface area contributed by atoms with Crippen LogP contribution in [0.2, 0.25) is 0 Å². The van der Waals surface area contributed by atoms with Gasteiger partial charge in [-0.05, 0) is 24.6 Å². The summed E-state index contributed by atoms with van der Waals surface area (Å²) in [4.78, 5) is 16.4. The fourth-order valence-electron chi connectivity index (χ4n) is 2.52. The Morgan fingerprint density at radius 3 is 2.78 bits per heavy atom. The smallest absolute Gasteiger partial charge is 0.233 e. The van der Waals surface area contributed by atoms with Gasteiger partial charge in [-0.3, -0.25) is 14.3 Å². The quantitative estimate of drug-likeness (QED) is 0.481. The molecule has 0 fully saturated rings. The monoisotopic (exact) mass is 379 g/mol. The molecule has 0 unspecified atom stereocenters. The topological polar surface area (TPSA) is 72.7 Å². The van der Waals surface area contributed by atoms with E-state index in [0.717, 1.165) is 17.0 Å². The van der Waals surface area contributed by atoms with Crippen molar-refractivity contribution in [2.75, 3.05) is 6.54 Å². The maximum absolute atomic E-state index is 12.2. The predicted octanol–water partition coefficient (Wildman–Crippen LogP) is 3.17. The van der Waals surface area contributed by atoms with Gasteiger partial charge in [-0.25, -0.2) is 0 Å². The van der Waals surface area contributed by atoms with Crippen molar-refractivity contribution in [3.05, 3.63) is 73.1 Å². The van der Waals surface area contributed by atoms with Crippen molar-refractivity contribution in [1.29, 1.82) is 0 Å². The average molecular weight is 379 g/mol. The van der Waals surface area contributed by atoms with Crippen molar-refractivity contribution < 1.29 is 4.79 Å². The average Bonchev–Trinajstić information content (AvgIpc) is 3.09. The highest BCUT2D eigenvalue weighted by molar-refractivity contribution is 8.00. The molecule has 0 radical (unpaired) electrons. The molecule has 2 heterocycles. The van der Waals surface area contributed by atoms with Gasteiger partial charge in [0.15, 0.2) is 11.0 Å². The molecule has 6 nitrogen and oxygen atoms in total. The van der Waals surface area contributed by atoms with E-state index in [1.807, 2.05) is 41.8 Å². The molecule has 0 aliphatic heterocycles. The van der Waals surface area contributed by atoms with Crippen molar-refractivity contribution >= 4 is 17.7 Å². The van der Waals surface area contributed by atoms with Crippen molar-refractivity contribution in [1.82, 2.24) is 25.1 Å². The third-order valence-corrected chi connectivity index (χ3v) is 4.97. The van der Waals surface area contributed by atoms with E-state index >= 15 is 0 Å². The molecule has 3 rings (SSSR count). The zero-order valence-electron chi connectivity index (χ0n) is 15.1. The third kappa shape index (κ3) is 4.83. The number of hydrogen-bond acceptors (Lipinski definition) is 5. The second kappa shape index (κ2) is 9.14. The molecule has 2 aromatic heterocycles. The summed E-state index contributed by atoms with van der Waals surface area (Å²) in [7, 11) is 0. The molecule has 1 N–H and O–H groups in total. The Labute approximate surface area is 162 Å². The minimum absolute atomic E-state index is 0.0583. The summed E-state index contributed by atoms with van der Waals surface area (Å²) in [6.07, 6.45) is 5.15. The van der Waals surface area contributed by atoms with Crippen molar-refractivity contribution in [3.63, 3.8) is 0 Å². The standard InChI is InChI=1S/C20H21N5OS/c1-3-11-22-19(26)15(2)27-20-24-23-18(17-10-7-12-21-13-17)25(20)14-16-8-5-4-6-9-16/h3-10,12-13,15H,1,11,14H2,2H3,(H,22,26)/t15-/m1/s1. The van der Waals surface area contributed by atoms with Gasteiger partial charge in [-0.2, -0.15) is 0 Å². The van der Waals surface area contributed by atoms with Crippen LogP contribution in [0.1, 0.15) is 12.5 Å². The van der Waals surface area contributed by atoms with E-state index in [-0.39, 0.29) is 11.2 Å². The molecule has 0 spiro atoms. The number of thioether (sulfide) groups is 1. The molecule has 27 heavy (non-hydrogen) atoms. The van der Waals surface area contributed by atoms with E-state index in [1.54, 1.807) is 18.5 Å². The summed E-state index contributed by atoms with van der Waals surface area (Å²) in [5.74, 6) is 0.672. The number of benzene rings is 1. The van der Waals surface area contributed by atoms with Gasteiger partial charge in [0.05, 0.1) is 11.8 Å². The molecule has 3 aromatic rings. The first-order chi connectivity index (χ1) is 13.2. The Balaban J connectivity index is 1.90. The van der Waals surface area contributed by atoms with Crippen molar-refractivity contribution in [2.45, 2.75) is 23.9 Å². The van der Waals surface area contributed by atoms with Gasteiger partial charge < -0.3 is 5.32 Å². The lowest BCUT2D eigenvalue weighted by Gasteiger charge is -2.13. The van der Waals surface area contributed by atoms with E-state index in [2.05, 4.69) is 39.2 Å². The maximum atomic E-state index is 12.2. The van der Waals surface area contributed by atoms with E-state index in [1.165, 1.54) is 11.8 Å². The third-order valence-electron chi connectivity index (χ3n) is 3.89. The first-order valence-corrected chi connectivity index (χ1v) is 9.49. The lowest BCUT2D eigenvalue weighted by Crippen LogP contribution is -2.31. The van der Waals surface area contributed by atoms with Gasteiger partial charge in [0.1, 0.15) is 0 Å². The number of carbonyl (C=O) groups excluding carboxylic acids is 1. The Hall–Kier alpha value is -2.93. The van der Waals surface area contributed by atoms with Crippen LogP contribution < -0.4 is 5.32 Å². The Morgan fingerprint density at radius 1 is 1.26 bits per heavy atom. The van der Waals surface area contributed by atoms with E-state index in [0.29, 0.717) is 18.2 Å². The van der Waals surface area contributed by atoms with Crippen molar-refractivity contribution in [2.24, 2.45) is 0 Å². The Morgan fingerprint density at radius 2 is 2.07 bits per heavy atom. The van der Waals surface area contributed by atoms with Gasteiger partial charge in [-0.15, -0.1) is 16.8 Å². The lowest BCUT2D eigenvalue weighted by atomic mass is 10.2. The lowest BCUT2D eigenvalue weighted by molar-refractivity contribution is -0.120. The summed E-state index contributed by atoms with van der Waals surface area (Å²) < 4.78 is 2.02. The minimum atomic E-state index is -0.301. The number of aromatic nitrogens is 4. The predicted molar refractivity (Wildman–Crippen MR) is 107 cm³/mol. The number of hydrogen-bond donors (Lipinski definition) is 1. The van der Waals surface area contributed by atoms with Crippen LogP contribution in [-0.4, -0.2) is 37.5 Å². The SMILES string of the molecule is C=CCNC(=O)[C@@H](C)Sc1nnc(-c2cccnc2)n1Cc1ccccc1. The first-order valence-electron chi connectivity index (χ1n) is 8.62. The van der Waals surface area contributed by atoms with Gasteiger partial charge in [-0.1, -0.05) is 48.2 Å². The number of pyridine rings is 1. The normalized spacial score (nSPS) is 11.7. The Bertz CT molecular complexity index is 895. The maximum Gasteiger partial charge on any atom is 0.233 e. The van der Waals surface area contributed by atoms with Crippen LogP contribution in [-0.2, 0) is 11.3 Å². The van der Waals surface area contributed by atoms with Gasteiger partial charge in [0, 0.05) is 24.5 Å². The highest BCUT2D eigenvalue weighted by Gasteiger charge is 2.20. The molecule has 1 amide bonds. The van der Waals surface area contributed by atoms with Crippen molar-refractivity contribution in [3.8, 4) is 11.4 Å². The largest absolute Gasteiger partial charge is 0.352 e. The molecule has 1 atom stereocenters. The Kier molecular flexibility index (Phi) is 6.38. The zero-order chi connectivity index (χ0) is 19.1.